The lowest BCUT2D eigenvalue weighted by Gasteiger charge is -2.36. The Labute approximate surface area is 140 Å². The lowest BCUT2D eigenvalue weighted by atomic mass is 10.2. The van der Waals surface area contributed by atoms with Crippen LogP contribution < -0.4 is 0 Å². The minimum atomic E-state index is 0.0757. The van der Waals surface area contributed by atoms with Gasteiger partial charge in [-0.25, -0.2) is 0 Å². The number of benzene rings is 1. The Morgan fingerprint density at radius 1 is 1.26 bits per heavy atom. The van der Waals surface area contributed by atoms with Crippen LogP contribution in [0.1, 0.15) is 18.9 Å². The van der Waals surface area contributed by atoms with E-state index in [1.807, 2.05) is 24.3 Å². The van der Waals surface area contributed by atoms with Gasteiger partial charge in [0.15, 0.2) is 0 Å². The van der Waals surface area contributed by atoms with E-state index in [0.29, 0.717) is 16.8 Å². The highest BCUT2D eigenvalue weighted by molar-refractivity contribution is 6.30. The van der Waals surface area contributed by atoms with Gasteiger partial charge in [-0.1, -0.05) is 17.7 Å². The smallest absolute Gasteiger partial charge is 0.247 e. The van der Waals surface area contributed by atoms with Crippen LogP contribution in [0, 0.1) is 0 Å². The average molecular weight is 337 g/mol. The molecule has 0 amide bonds. The zero-order valence-corrected chi connectivity index (χ0v) is 13.9. The zero-order valence-electron chi connectivity index (χ0n) is 13.2. The third-order valence-electron chi connectivity index (χ3n) is 4.24. The molecule has 1 aromatic heterocycles. The zero-order chi connectivity index (χ0) is 16.2. The van der Waals surface area contributed by atoms with Crippen molar-refractivity contribution < 1.29 is 9.52 Å². The molecular formula is C16H21ClN4O2. The maximum absolute atomic E-state index is 9.00. The third kappa shape index (κ3) is 3.90. The monoisotopic (exact) mass is 336 g/mol. The summed E-state index contributed by atoms with van der Waals surface area (Å²) in [6.45, 7) is 6.77. The molecule has 0 saturated carbocycles. The van der Waals surface area contributed by atoms with E-state index in [1.54, 1.807) is 0 Å². The summed E-state index contributed by atoms with van der Waals surface area (Å²) in [6.07, 6.45) is 0. The van der Waals surface area contributed by atoms with Gasteiger partial charge in [-0.05, 0) is 25.1 Å². The summed E-state index contributed by atoms with van der Waals surface area (Å²) >= 11 is 6.00. The highest BCUT2D eigenvalue weighted by atomic mass is 35.5. The fourth-order valence-corrected chi connectivity index (χ4v) is 3.00. The molecule has 1 saturated heterocycles. The molecule has 1 aliphatic heterocycles. The number of hydrogen-bond donors (Lipinski definition) is 1. The highest BCUT2D eigenvalue weighted by Crippen LogP contribution is 2.26. The molecule has 0 spiro atoms. The van der Waals surface area contributed by atoms with Crippen LogP contribution in [0.5, 0.6) is 0 Å². The average Bonchev–Trinajstić information content (AvgIpc) is 3.05. The van der Waals surface area contributed by atoms with Crippen LogP contribution in [0.4, 0.5) is 0 Å². The van der Waals surface area contributed by atoms with Crippen molar-refractivity contribution in [2.45, 2.75) is 13.0 Å². The second kappa shape index (κ2) is 7.40. The summed E-state index contributed by atoms with van der Waals surface area (Å²) in [5.74, 6) is 1.11. The summed E-state index contributed by atoms with van der Waals surface area (Å²) in [7, 11) is 0. The Balaban J connectivity index is 1.66. The van der Waals surface area contributed by atoms with Gasteiger partial charge in [0.2, 0.25) is 11.8 Å². The molecule has 6 nitrogen and oxygen atoms in total. The number of halogens is 1. The van der Waals surface area contributed by atoms with Gasteiger partial charge >= 0.3 is 0 Å². The van der Waals surface area contributed by atoms with Crippen molar-refractivity contribution in [1.82, 2.24) is 20.0 Å². The summed E-state index contributed by atoms with van der Waals surface area (Å²) in [6, 6.07) is 7.48. The first-order valence-electron chi connectivity index (χ1n) is 7.84. The molecule has 124 valence electrons. The molecule has 1 unspecified atom stereocenters. The molecule has 1 aromatic carbocycles. The molecule has 7 heteroatoms. The molecule has 23 heavy (non-hydrogen) atoms. The van der Waals surface area contributed by atoms with E-state index in [0.717, 1.165) is 38.3 Å². The fourth-order valence-electron chi connectivity index (χ4n) is 2.81. The number of piperazine rings is 1. The van der Waals surface area contributed by atoms with Gasteiger partial charge in [0.1, 0.15) is 0 Å². The Bertz CT molecular complexity index is 641. The number of β-amino-alcohol motifs (C(OH)–C–C–N with tert-alkyl or cyclic N) is 1. The van der Waals surface area contributed by atoms with E-state index >= 15 is 0 Å². The van der Waals surface area contributed by atoms with Crippen LogP contribution in [0.15, 0.2) is 28.7 Å². The van der Waals surface area contributed by atoms with E-state index in [2.05, 4.69) is 26.9 Å². The van der Waals surface area contributed by atoms with Gasteiger partial charge in [-0.3, -0.25) is 9.80 Å². The summed E-state index contributed by atoms with van der Waals surface area (Å²) in [5.41, 5.74) is 0.830. The number of aromatic nitrogens is 2. The quantitative estimate of drug-likeness (QED) is 0.901. The summed E-state index contributed by atoms with van der Waals surface area (Å²) in [4.78, 5) is 4.58. The second-order valence-electron chi connectivity index (χ2n) is 5.73. The van der Waals surface area contributed by atoms with Crippen LogP contribution in [0.3, 0.4) is 0 Å². The van der Waals surface area contributed by atoms with E-state index in [9.17, 15) is 0 Å². The Morgan fingerprint density at radius 2 is 2.04 bits per heavy atom. The van der Waals surface area contributed by atoms with Gasteiger partial charge < -0.3 is 9.52 Å². The van der Waals surface area contributed by atoms with Crippen molar-refractivity contribution in [3.63, 3.8) is 0 Å². The van der Waals surface area contributed by atoms with Crippen LogP contribution in [0.25, 0.3) is 11.5 Å². The number of hydrogen-bond acceptors (Lipinski definition) is 6. The van der Waals surface area contributed by atoms with E-state index in [-0.39, 0.29) is 12.6 Å². The standard InChI is InChI=1S/C16H21ClN4O2/c1-12(21-7-5-20(6-8-21)9-10-22)15-18-19-16(23-15)13-3-2-4-14(17)11-13/h2-4,11-12,22H,5-10H2,1H3. The topological polar surface area (TPSA) is 65.6 Å². The van der Waals surface area contributed by atoms with Crippen molar-refractivity contribution in [1.29, 1.82) is 0 Å². The van der Waals surface area contributed by atoms with Crippen molar-refractivity contribution in [3.05, 3.63) is 35.2 Å². The van der Waals surface area contributed by atoms with Crippen molar-refractivity contribution in [3.8, 4) is 11.5 Å². The van der Waals surface area contributed by atoms with Gasteiger partial charge in [-0.2, -0.15) is 0 Å². The molecule has 1 atom stereocenters. The van der Waals surface area contributed by atoms with Gasteiger partial charge in [0, 0.05) is 43.3 Å². The first-order valence-corrected chi connectivity index (χ1v) is 8.22. The normalized spacial score (nSPS) is 18.2. The lowest BCUT2D eigenvalue weighted by molar-refractivity contribution is 0.0802. The van der Waals surface area contributed by atoms with E-state index in [4.69, 9.17) is 21.1 Å². The lowest BCUT2D eigenvalue weighted by Crippen LogP contribution is -2.47. The number of rotatable bonds is 5. The predicted molar refractivity (Wildman–Crippen MR) is 88.3 cm³/mol. The Morgan fingerprint density at radius 3 is 2.74 bits per heavy atom. The molecule has 1 fully saturated rings. The minimum absolute atomic E-state index is 0.0757. The molecule has 0 bridgehead atoms. The molecule has 0 radical (unpaired) electrons. The van der Waals surface area contributed by atoms with Crippen molar-refractivity contribution >= 4 is 11.6 Å². The third-order valence-corrected chi connectivity index (χ3v) is 4.48. The fraction of sp³-hybridized carbons (Fsp3) is 0.500. The Kier molecular flexibility index (Phi) is 5.27. The van der Waals surface area contributed by atoms with Gasteiger partial charge in [-0.15, -0.1) is 10.2 Å². The second-order valence-corrected chi connectivity index (χ2v) is 6.17. The molecule has 3 rings (SSSR count). The van der Waals surface area contributed by atoms with E-state index < -0.39 is 0 Å². The van der Waals surface area contributed by atoms with Crippen molar-refractivity contribution in [2.75, 3.05) is 39.3 Å². The largest absolute Gasteiger partial charge is 0.419 e. The molecule has 1 N–H and O–H groups in total. The van der Waals surface area contributed by atoms with Gasteiger partial charge in [0.05, 0.1) is 12.6 Å². The van der Waals surface area contributed by atoms with Crippen LogP contribution >= 0.6 is 11.6 Å². The van der Waals surface area contributed by atoms with E-state index in [1.165, 1.54) is 0 Å². The van der Waals surface area contributed by atoms with Crippen LogP contribution in [-0.4, -0.2) is 64.4 Å². The number of aliphatic hydroxyl groups excluding tert-OH is 1. The summed E-state index contributed by atoms with van der Waals surface area (Å²) in [5, 5.41) is 18.0. The number of nitrogens with zero attached hydrogens (tertiary/aromatic N) is 4. The molecule has 2 heterocycles. The SMILES string of the molecule is CC(c1nnc(-c2cccc(Cl)c2)o1)N1CCN(CCO)CC1. The van der Waals surface area contributed by atoms with Crippen molar-refractivity contribution in [2.24, 2.45) is 0 Å². The predicted octanol–water partition coefficient (Wildman–Crippen LogP) is 2.06. The van der Waals surface area contributed by atoms with Crippen LogP contribution in [-0.2, 0) is 0 Å². The maximum atomic E-state index is 9.00. The molecule has 0 aliphatic carbocycles. The Hall–Kier alpha value is -1.47. The first kappa shape index (κ1) is 16.4. The summed E-state index contributed by atoms with van der Waals surface area (Å²) < 4.78 is 5.84. The minimum Gasteiger partial charge on any atom is -0.419 e. The molecule has 1 aliphatic rings. The molecular weight excluding hydrogens is 316 g/mol. The maximum Gasteiger partial charge on any atom is 0.247 e. The van der Waals surface area contributed by atoms with Crippen LogP contribution in [0.2, 0.25) is 5.02 Å². The van der Waals surface area contributed by atoms with Gasteiger partial charge in [0.25, 0.3) is 0 Å². The highest BCUT2D eigenvalue weighted by Gasteiger charge is 2.25. The first-order chi connectivity index (χ1) is 11.2. The molecule has 2 aromatic rings. The number of aliphatic hydroxyl groups is 1.